The van der Waals surface area contributed by atoms with Crippen LogP contribution in [0, 0.1) is 58.7 Å². The maximum Gasteiger partial charge on any atom is 0.240 e. The number of hydroxylamine groups is 2. The van der Waals surface area contributed by atoms with Crippen molar-refractivity contribution in [3.05, 3.63) is 0 Å². The van der Waals surface area contributed by atoms with Gasteiger partial charge in [-0.25, -0.2) is 0 Å². The number of carbonyl (C=O) groups is 2. The van der Waals surface area contributed by atoms with Crippen LogP contribution in [0.5, 0.6) is 0 Å². The standard InChI is InChI=1S/C40H68BrN3O6/c1-23-32-19-29(40(32,3)4)20-33(23)43-39(48)36-35(24(2)46)34(22-45)50-44(36)21-26-12-9-13-31(37(26)49-5)27-16-28(18-30(41)17-27)38(47)42-15-14-25-10-7-6-8-11-25/h23-37,45-46H,6-22H2,1-5H3,(H,42,47)(H,43,48)/t23-,24-,26?,27?,28?,29+,30?,31?,32-,33-,34-,35-,36-,37?/m0/s1. The Kier molecular flexibility index (Phi) is 13.0. The molecule has 2 amide bonds. The average molecular weight is 767 g/mol. The largest absolute Gasteiger partial charge is 0.394 e. The van der Waals surface area contributed by atoms with Gasteiger partial charge in [-0.05, 0) is 99.2 Å². The van der Waals surface area contributed by atoms with Gasteiger partial charge < -0.3 is 25.6 Å². The molecule has 6 aliphatic carbocycles. The Morgan fingerprint density at radius 3 is 2.44 bits per heavy atom. The van der Waals surface area contributed by atoms with Crippen LogP contribution in [0.25, 0.3) is 0 Å². The van der Waals surface area contributed by atoms with E-state index in [1.54, 1.807) is 19.1 Å². The summed E-state index contributed by atoms with van der Waals surface area (Å²) in [5.41, 5.74) is 0.325. The van der Waals surface area contributed by atoms with Crippen LogP contribution in [0.15, 0.2) is 0 Å². The number of aliphatic hydroxyl groups is 2. The van der Waals surface area contributed by atoms with Crippen LogP contribution in [0.2, 0.25) is 0 Å². The summed E-state index contributed by atoms with van der Waals surface area (Å²) < 4.78 is 6.34. The van der Waals surface area contributed by atoms with Gasteiger partial charge in [-0.2, -0.15) is 5.06 Å². The first-order chi connectivity index (χ1) is 23.9. The molecule has 2 bridgehead atoms. The molecular weight excluding hydrogens is 698 g/mol. The maximum absolute atomic E-state index is 14.2. The highest BCUT2D eigenvalue weighted by molar-refractivity contribution is 9.09. The third kappa shape index (κ3) is 8.15. The van der Waals surface area contributed by atoms with E-state index in [1.807, 2.05) is 0 Å². The summed E-state index contributed by atoms with van der Waals surface area (Å²) in [6.45, 7) is 9.75. The van der Waals surface area contributed by atoms with Gasteiger partial charge in [0.25, 0.3) is 0 Å². The molecule has 4 N–H and O–H groups in total. The van der Waals surface area contributed by atoms with Gasteiger partial charge in [-0.1, -0.05) is 75.2 Å². The molecule has 286 valence electrons. The highest BCUT2D eigenvalue weighted by Gasteiger charge is 2.58. The second kappa shape index (κ2) is 16.7. The van der Waals surface area contributed by atoms with E-state index in [2.05, 4.69) is 47.3 Å². The molecule has 0 radical (unpaired) electrons. The zero-order valence-corrected chi connectivity index (χ0v) is 33.1. The van der Waals surface area contributed by atoms with Crippen molar-refractivity contribution in [1.29, 1.82) is 0 Å². The van der Waals surface area contributed by atoms with Crippen molar-refractivity contribution >= 4 is 27.7 Å². The summed E-state index contributed by atoms with van der Waals surface area (Å²) in [7, 11) is 1.81. The molecule has 9 nitrogen and oxygen atoms in total. The first-order valence-corrected chi connectivity index (χ1v) is 21.3. The van der Waals surface area contributed by atoms with E-state index in [0.717, 1.165) is 63.8 Å². The molecule has 0 aromatic heterocycles. The summed E-state index contributed by atoms with van der Waals surface area (Å²) in [4.78, 5) is 34.4. The van der Waals surface area contributed by atoms with Gasteiger partial charge in [0.05, 0.1) is 18.8 Å². The minimum Gasteiger partial charge on any atom is -0.394 e. The monoisotopic (exact) mass is 765 g/mol. The SMILES string of the molecule is COC1C(CN2O[C@@H](CO)[C@H]([C@H](C)O)[C@H]2C(=O)N[C@H]2C[C@H]3C[C@@H]([C@@H]2C)C3(C)C)CCCC1C1CC(Br)CC(C(=O)NCCC2CCCCC2)C1. The summed E-state index contributed by atoms with van der Waals surface area (Å²) in [6, 6.07) is -0.581. The van der Waals surface area contributed by atoms with Crippen molar-refractivity contribution in [2.45, 2.75) is 153 Å². The van der Waals surface area contributed by atoms with Gasteiger partial charge in [0.1, 0.15) is 12.1 Å². The summed E-state index contributed by atoms with van der Waals surface area (Å²) in [5.74, 6) is 2.77. The molecule has 7 fully saturated rings. The van der Waals surface area contributed by atoms with Gasteiger partial charge in [0.2, 0.25) is 11.8 Å². The van der Waals surface area contributed by atoms with Crippen molar-refractivity contribution in [2.24, 2.45) is 58.7 Å². The summed E-state index contributed by atoms with van der Waals surface area (Å²) in [5, 5.41) is 29.8. The van der Waals surface area contributed by atoms with E-state index in [9.17, 15) is 19.8 Å². The van der Waals surface area contributed by atoms with E-state index in [1.165, 1.54) is 38.5 Å². The number of halogens is 1. The lowest BCUT2D eigenvalue weighted by Crippen LogP contribution is -2.62. The number of carbonyl (C=O) groups excluding carboxylic acids is 2. The van der Waals surface area contributed by atoms with E-state index in [4.69, 9.17) is 9.57 Å². The number of hydrogen-bond donors (Lipinski definition) is 4. The molecule has 0 spiro atoms. The maximum atomic E-state index is 14.2. The number of ether oxygens (including phenoxy) is 1. The predicted molar refractivity (Wildman–Crippen MR) is 198 cm³/mol. The molecular formula is C40H68BrN3O6. The highest BCUT2D eigenvalue weighted by atomic mass is 79.9. The second-order valence-electron chi connectivity index (χ2n) is 18.2. The fourth-order valence-electron chi connectivity index (χ4n) is 12.0. The van der Waals surface area contributed by atoms with Gasteiger partial charge in [-0.3, -0.25) is 14.4 Å². The van der Waals surface area contributed by atoms with E-state index in [-0.39, 0.29) is 42.4 Å². The van der Waals surface area contributed by atoms with Gasteiger partial charge in [0, 0.05) is 48.8 Å². The van der Waals surface area contributed by atoms with Crippen molar-refractivity contribution in [1.82, 2.24) is 15.7 Å². The van der Waals surface area contributed by atoms with Crippen LogP contribution < -0.4 is 10.6 Å². The molecule has 1 saturated heterocycles. The molecule has 6 unspecified atom stereocenters. The number of amides is 2. The topological polar surface area (TPSA) is 120 Å². The van der Waals surface area contributed by atoms with Crippen LogP contribution in [0.4, 0.5) is 0 Å². The number of aliphatic hydroxyl groups excluding tert-OH is 2. The van der Waals surface area contributed by atoms with E-state index >= 15 is 0 Å². The third-order valence-corrected chi connectivity index (χ3v) is 15.7. The Labute approximate surface area is 310 Å². The van der Waals surface area contributed by atoms with E-state index < -0.39 is 24.2 Å². The normalized spacial score (nSPS) is 42.8. The quantitative estimate of drug-likeness (QED) is 0.184. The Hall–Kier alpha value is -0.780. The lowest BCUT2D eigenvalue weighted by Gasteiger charge is -2.62. The Morgan fingerprint density at radius 2 is 1.78 bits per heavy atom. The minimum absolute atomic E-state index is 0.00765. The molecule has 14 atom stereocenters. The fraction of sp³-hybridized carbons (Fsp3) is 0.950. The predicted octanol–water partition coefficient (Wildman–Crippen LogP) is 5.84. The van der Waals surface area contributed by atoms with Gasteiger partial charge >= 0.3 is 0 Å². The number of nitrogens with zero attached hydrogens (tertiary/aromatic N) is 1. The molecule has 1 aliphatic heterocycles. The third-order valence-electron chi connectivity index (χ3n) is 15.0. The number of fused-ring (bicyclic) bond motifs is 2. The lowest BCUT2D eigenvalue weighted by molar-refractivity contribution is -0.193. The molecule has 1 heterocycles. The number of rotatable bonds is 12. The fourth-order valence-corrected chi connectivity index (χ4v) is 12.9. The first-order valence-electron chi connectivity index (χ1n) is 20.4. The molecule has 7 rings (SSSR count). The van der Waals surface area contributed by atoms with Crippen molar-refractivity contribution in [3.8, 4) is 0 Å². The molecule has 0 aromatic rings. The van der Waals surface area contributed by atoms with Gasteiger partial charge in [-0.15, -0.1) is 0 Å². The molecule has 50 heavy (non-hydrogen) atoms. The lowest BCUT2D eigenvalue weighted by atomic mass is 9.45. The van der Waals surface area contributed by atoms with Crippen LogP contribution in [-0.4, -0.2) is 89.1 Å². The number of methoxy groups -OCH3 is 1. The van der Waals surface area contributed by atoms with Crippen molar-refractivity contribution in [2.75, 3.05) is 26.8 Å². The van der Waals surface area contributed by atoms with E-state index in [0.29, 0.717) is 46.4 Å². The van der Waals surface area contributed by atoms with Crippen LogP contribution >= 0.6 is 15.9 Å². The zero-order chi connectivity index (χ0) is 35.7. The van der Waals surface area contributed by atoms with Crippen molar-refractivity contribution in [3.63, 3.8) is 0 Å². The Morgan fingerprint density at radius 1 is 1.02 bits per heavy atom. The van der Waals surface area contributed by atoms with Crippen LogP contribution in [0.3, 0.4) is 0 Å². The van der Waals surface area contributed by atoms with Gasteiger partial charge in [0.15, 0.2) is 0 Å². The molecule has 7 aliphatic rings. The van der Waals surface area contributed by atoms with Crippen LogP contribution in [0.1, 0.15) is 118 Å². The average Bonchev–Trinajstić information content (AvgIpc) is 3.47. The first kappa shape index (κ1) is 38.9. The minimum atomic E-state index is -0.815. The molecule has 0 aromatic carbocycles. The Balaban J connectivity index is 1.11. The van der Waals surface area contributed by atoms with Crippen molar-refractivity contribution < 1.29 is 29.4 Å². The highest BCUT2D eigenvalue weighted by Crippen LogP contribution is 2.61. The number of nitrogens with one attached hydrogen (secondary N) is 2. The zero-order valence-electron chi connectivity index (χ0n) is 31.5. The number of hydrogen-bond acceptors (Lipinski definition) is 7. The Bertz CT molecular complexity index is 1150. The second-order valence-corrected chi connectivity index (χ2v) is 19.5. The summed E-state index contributed by atoms with van der Waals surface area (Å²) in [6.07, 6.45) is 14.3. The smallest absolute Gasteiger partial charge is 0.240 e. The summed E-state index contributed by atoms with van der Waals surface area (Å²) >= 11 is 3.94. The molecule has 10 heteroatoms. The van der Waals surface area contributed by atoms with Crippen LogP contribution in [-0.2, 0) is 19.2 Å². The molecule has 6 saturated carbocycles. The number of alkyl halides is 1.